The number of nitrogens with zero attached hydrogens (tertiary/aromatic N) is 2. The van der Waals surface area contributed by atoms with Gasteiger partial charge >= 0.3 is 0 Å². The van der Waals surface area contributed by atoms with Gasteiger partial charge in [-0.1, -0.05) is 20.8 Å². The maximum atomic E-state index is 6.16. The van der Waals surface area contributed by atoms with E-state index in [4.69, 9.17) is 15.5 Å². The maximum Gasteiger partial charge on any atom is 0.162 e. The highest BCUT2D eigenvalue weighted by molar-refractivity contribution is 14.1. The summed E-state index contributed by atoms with van der Waals surface area (Å²) in [6, 6.07) is 0. The van der Waals surface area contributed by atoms with Gasteiger partial charge in [-0.15, -0.1) is 0 Å². The van der Waals surface area contributed by atoms with Crippen molar-refractivity contribution in [2.24, 2.45) is 5.41 Å². The average Bonchev–Trinajstić information content (AvgIpc) is 2.44. The second-order valence-electron chi connectivity index (χ2n) is 6.64. The van der Waals surface area contributed by atoms with Gasteiger partial charge in [0.15, 0.2) is 5.82 Å². The van der Waals surface area contributed by atoms with Gasteiger partial charge in [0.25, 0.3) is 0 Å². The largest absolute Gasteiger partial charge is 0.383 e. The van der Waals surface area contributed by atoms with E-state index in [2.05, 4.69) is 48.3 Å². The lowest BCUT2D eigenvalue weighted by molar-refractivity contribution is -0.0948. The summed E-state index contributed by atoms with van der Waals surface area (Å²) < 4.78 is 7.13. The SMILES string of the molecule is CCOC1(c2nc(N)c(I)c(CC)n2)CCC(C)(C)CC1. The van der Waals surface area contributed by atoms with Crippen molar-refractivity contribution in [2.75, 3.05) is 12.3 Å². The first-order valence-electron chi connectivity index (χ1n) is 7.80. The van der Waals surface area contributed by atoms with Crippen LogP contribution in [0.1, 0.15) is 64.9 Å². The molecule has 0 radical (unpaired) electrons. The molecule has 0 amide bonds. The van der Waals surface area contributed by atoms with Crippen LogP contribution in [-0.4, -0.2) is 16.6 Å². The van der Waals surface area contributed by atoms with Crippen molar-refractivity contribution >= 4 is 28.4 Å². The molecule has 1 aromatic rings. The van der Waals surface area contributed by atoms with E-state index in [1.54, 1.807) is 0 Å². The molecule has 0 aromatic carbocycles. The third kappa shape index (κ3) is 3.50. The molecule has 1 saturated carbocycles. The van der Waals surface area contributed by atoms with Crippen molar-refractivity contribution in [3.8, 4) is 0 Å². The summed E-state index contributed by atoms with van der Waals surface area (Å²) in [5, 5.41) is 0. The van der Waals surface area contributed by atoms with Crippen LogP contribution in [0.25, 0.3) is 0 Å². The fourth-order valence-electron chi connectivity index (χ4n) is 2.99. The van der Waals surface area contributed by atoms with Crippen molar-refractivity contribution in [1.29, 1.82) is 0 Å². The molecule has 1 aromatic heterocycles. The molecule has 1 fully saturated rings. The zero-order valence-electron chi connectivity index (χ0n) is 13.5. The molecule has 2 rings (SSSR count). The van der Waals surface area contributed by atoms with Gasteiger partial charge in [0.1, 0.15) is 11.4 Å². The third-order valence-electron chi connectivity index (χ3n) is 4.52. The smallest absolute Gasteiger partial charge is 0.162 e. The minimum Gasteiger partial charge on any atom is -0.383 e. The number of nitrogens with two attached hydrogens (primary N) is 1. The minimum absolute atomic E-state index is 0.355. The number of rotatable bonds is 4. The Morgan fingerprint density at radius 2 is 1.76 bits per heavy atom. The third-order valence-corrected chi connectivity index (χ3v) is 5.69. The minimum atomic E-state index is -0.355. The van der Waals surface area contributed by atoms with Crippen molar-refractivity contribution < 1.29 is 4.74 Å². The molecule has 0 saturated heterocycles. The van der Waals surface area contributed by atoms with E-state index in [-0.39, 0.29) is 5.60 Å². The first-order chi connectivity index (χ1) is 9.83. The summed E-state index contributed by atoms with van der Waals surface area (Å²) in [6.45, 7) is 9.47. The van der Waals surface area contributed by atoms with E-state index < -0.39 is 0 Å². The molecule has 0 bridgehead atoms. The molecule has 118 valence electrons. The van der Waals surface area contributed by atoms with Crippen LogP contribution in [0.3, 0.4) is 0 Å². The van der Waals surface area contributed by atoms with Gasteiger partial charge in [0, 0.05) is 6.61 Å². The number of aryl methyl sites for hydroxylation is 1. The number of aromatic nitrogens is 2. The standard InChI is InChI=1S/C16H26IN3O/c1-5-11-12(17)13(18)20-14(19-11)16(21-6-2)9-7-15(3,4)8-10-16/h5-10H2,1-4H3,(H2,18,19,20). The number of halogens is 1. The highest BCUT2D eigenvalue weighted by Gasteiger charge is 2.43. The van der Waals surface area contributed by atoms with E-state index in [9.17, 15) is 0 Å². The van der Waals surface area contributed by atoms with Crippen molar-refractivity contribution in [1.82, 2.24) is 9.97 Å². The Hall–Kier alpha value is -0.430. The summed E-state index contributed by atoms with van der Waals surface area (Å²) in [4.78, 5) is 9.37. The molecule has 1 heterocycles. The van der Waals surface area contributed by atoms with E-state index in [0.717, 1.165) is 47.2 Å². The van der Waals surface area contributed by atoms with Crippen LogP contribution in [-0.2, 0) is 16.8 Å². The van der Waals surface area contributed by atoms with Gasteiger partial charge in [0.05, 0.1) is 9.26 Å². The predicted molar refractivity (Wildman–Crippen MR) is 94.1 cm³/mol. The highest BCUT2D eigenvalue weighted by atomic mass is 127. The fourth-order valence-corrected chi connectivity index (χ4v) is 3.61. The Kier molecular flexibility index (Phi) is 5.13. The number of hydrogen-bond donors (Lipinski definition) is 1. The van der Waals surface area contributed by atoms with Gasteiger partial charge < -0.3 is 10.5 Å². The van der Waals surface area contributed by atoms with Gasteiger partial charge in [-0.2, -0.15) is 0 Å². The molecule has 2 N–H and O–H groups in total. The normalized spacial score (nSPS) is 20.4. The van der Waals surface area contributed by atoms with Crippen LogP contribution in [0.5, 0.6) is 0 Å². The van der Waals surface area contributed by atoms with Gasteiger partial charge in [-0.3, -0.25) is 0 Å². The first-order valence-corrected chi connectivity index (χ1v) is 8.88. The Morgan fingerprint density at radius 1 is 1.14 bits per heavy atom. The van der Waals surface area contributed by atoms with E-state index in [1.807, 2.05) is 6.92 Å². The molecule has 1 aliphatic carbocycles. The maximum absolute atomic E-state index is 6.16. The summed E-state index contributed by atoms with van der Waals surface area (Å²) in [7, 11) is 0. The Bertz CT molecular complexity index is 506. The second kappa shape index (κ2) is 6.36. The molecule has 0 spiro atoms. The predicted octanol–water partition coefficient (Wildman–Crippen LogP) is 4.06. The summed E-state index contributed by atoms with van der Waals surface area (Å²) in [6.07, 6.45) is 5.06. The van der Waals surface area contributed by atoms with Gasteiger partial charge in [0.2, 0.25) is 0 Å². The van der Waals surface area contributed by atoms with Crippen molar-refractivity contribution in [3.05, 3.63) is 15.1 Å². The Balaban J connectivity index is 2.41. The molecular weight excluding hydrogens is 377 g/mol. The van der Waals surface area contributed by atoms with Crippen LogP contribution in [0, 0.1) is 8.99 Å². The molecule has 1 aliphatic rings. The molecule has 5 heteroatoms. The number of anilines is 1. The van der Waals surface area contributed by atoms with Crippen LogP contribution >= 0.6 is 22.6 Å². The lowest BCUT2D eigenvalue weighted by Gasteiger charge is -2.42. The molecule has 0 atom stereocenters. The van der Waals surface area contributed by atoms with Gasteiger partial charge in [-0.05, 0) is 67.0 Å². The number of ether oxygens (including phenoxy) is 1. The van der Waals surface area contributed by atoms with Crippen molar-refractivity contribution in [2.45, 2.75) is 65.4 Å². The van der Waals surface area contributed by atoms with Crippen LogP contribution < -0.4 is 5.73 Å². The zero-order chi connectivity index (χ0) is 15.7. The van der Waals surface area contributed by atoms with Crippen LogP contribution in [0.4, 0.5) is 5.82 Å². The number of nitrogen functional groups attached to an aromatic ring is 1. The highest BCUT2D eigenvalue weighted by Crippen LogP contribution is 2.46. The summed E-state index contributed by atoms with van der Waals surface area (Å²) in [5.74, 6) is 1.37. The zero-order valence-corrected chi connectivity index (χ0v) is 15.7. The average molecular weight is 403 g/mol. The topological polar surface area (TPSA) is 61.0 Å². The lowest BCUT2D eigenvalue weighted by atomic mass is 9.70. The Labute approximate surface area is 141 Å². The quantitative estimate of drug-likeness (QED) is 0.771. The Morgan fingerprint density at radius 3 is 2.29 bits per heavy atom. The summed E-state index contributed by atoms with van der Waals surface area (Å²) in [5.41, 5.74) is 7.15. The molecule has 21 heavy (non-hydrogen) atoms. The van der Waals surface area contributed by atoms with E-state index >= 15 is 0 Å². The molecule has 0 unspecified atom stereocenters. The molecular formula is C16H26IN3O. The first kappa shape index (κ1) is 16.9. The molecule has 0 aliphatic heterocycles. The van der Waals surface area contributed by atoms with Crippen LogP contribution in [0.2, 0.25) is 0 Å². The summed E-state index contributed by atoms with van der Waals surface area (Å²) >= 11 is 2.23. The van der Waals surface area contributed by atoms with Crippen LogP contribution in [0.15, 0.2) is 0 Å². The van der Waals surface area contributed by atoms with Crippen molar-refractivity contribution in [3.63, 3.8) is 0 Å². The monoisotopic (exact) mass is 403 g/mol. The fraction of sp³-hybridized carbons (Fsp3) is 0.750. The molecule has 4 nitrogen and oxygen atoms in total. The van der Waals surface area contributed by atoms with E-state index in [0.29, 0.717) is 17.8 Å². The van der Waals surface area contributed by atoms with Gasteiger partial charge in [-0.25, -0.2) is 9.97 Å². The van der Waals surface area contributed by atoms with E-state index in [1.165, 1.54) is 0 Å². The number of hydrogen-bond acceptors (Lipinski definition) is 4. The lowest BCUT2D eigenvalue weighted by Crippen LogP contribution is -2.39. The second-order valence-corrected chi connectivity index (χ2v) is 7.72.